The van der Waals surface area contributed by atoms with Crippen LogP contribution in [0.1, 0.15) is 10.4 Å². The maximum atomic E-state index is 10.7. The Morgan fingerprint density at radius 3 is 2.79 bits per heavy atom. The summed E-state index contributed by atoms with van der Waals surface area (Å²) in [5, 5.41) is 17.9. The third-order valence-electron chi connectivity index (χ3n) is 2.01. The zero-order chi connectivity index (χ0) is 10.1. The van der Waals surface area contributed by atoms with Crippen molar-refractivity contribution in [3.63, 3.8) is 0 Å². The van der Waals surface area contributed by atoms with Gasteiger partial charge in [-0.3, -0.25) is 4.79 Å². The van der Waals surface area contributed by atoms with E-state index >= 15 is 0 Å². The lowest BCUT2D eigenvalue weighted by atomic mass is 9.77. The Hall–Kier alpha value is -1.53. The Morgan fingerprint density at radius 2 is 2.14 bits per heavy atom. The van der Waals surface area contributed by atoms with Crippen LogP contribution < -0.4 is 14.9 Å². The number of ether oxygens (including phenoxy) is 2. The standard InChI is InChI=1S/C8H7BO5/c10-3-5-6(9(11)12)1-2-7-8(5)14-4-13-7/h1-3,11-12H,4H2. The molecule has 5 nitrogen and oxygen atoms in total. The maximum absolute atomic E-state index is 10.7. The summed E-state index contributed by atoms with van der Waals surface area (Å²) in [6, 6.07) is 2.95. The number of carbonyl (C=O) groups excluding carboxylic acids is 1. The largest absolute Gasteiger partial charge is 0.489 e. The van der Waals surface area contributed by atoms with E-state index in [1.165, 1.54) is 12.1 Å². The van der Waals surface area contributed by atoms with E-state index in [4.69, 9.17) is 19.5 Å². The molecule has 0 unspecified atom stereocenters. The van der Waals surface area contributed by atoms with Gasteiger partial charge in [-0.15, -0.1) is 0 Å². The van der Waals surface area contributed by atoms with Crippen LogP contribution in [0.2, 0.25) is 0 Å². The number of carbonyl (C=O) groups is 1. The third-order valence-corrected chi connectivity index (χ3v) is 2.01. The van der Waals surface area contributed by atoms with Gasteiger partial charge in [-0.2, -0.15) is 0 Å². The van der Waals surface area contributed by atoms with Crippen LogP contribution in [0.5, 0.6) is 11.5 Å². The molecule has 0 atom stereocenters. The molecule has 0 spiro atoms. The highest BCUT2D eigenvalue weighted by Crippen LogP contribution is 2.33. The predicted octanol–water partition coefficient (Wildman–Crippen LogP) is -1.09. The highest BCUT2D eigenvalue weighted by atomic mass is 16.7. The molecule has 1 heterocycles. The number of hydrogen-bond acceptors (Lipinski definition) is 5. The zero-order valence-electron chi connectivity index (χ0n) is 7.14. The van der Waals surface area contributed by atoms with Crippen molar-refractivity contribution in [3.8, 4) is 11.5 Å². The maximum Gasteiger partial charge on any atom is 0.489 e. The van der Waals surface area contributed by atoms with Gasteiger partial charge in [0.15, 0.2) is 17.8 Å². The lowest BCUT2D eigenvalue weighted by Crippen LogP contribution is -2.33. The van der Waals surface area contributed by atoms with E-state index in [0.717, 1.165) is 0 Å². The Balaban J connectivity index is 2.59. The van der Waals surface area contributed by atoms with Crippen LogP contribution in [0.25, 0.3) is 0 Å². The molecule has 2 rings (SSSR count). The van der Waals surface area contributed by atoms with Gasteiger partial charge in [0, 0.05) is 0 Å². The van der Waals surface area contributed by atoms with Crippen LogP contribution >= 0.6 is 0 Å². The van der Waals surface area contributed by atoms with Crippen LogP contribution in [-0.4, -0.2) is 30.2 Å². The van der Waals surface area contributed by atoms with Crippen molar-refractivity contribution in [2.75, 3.05) is 6.79 Å². The first-order valence-electron chi connectivity index (χ1n) is 3.98. The smallest absolute Gasteiger partial charge is 0.454 e. The van der Waals surface area contributed by atoms with Crippen LogP contribution in [0.3, 0.4) is 0 Å². The Labute approximate surface area is 80.0 Å². The molecule has 6 heteroatoms. The van der Waals surface area contributed by atoms with Crippen molar-refractivity contribution in [1.29, 1.82) is 0 Å². The molecular formula is C8H7BO5. The van der Waals surface area contributed by atoms with Crippen molar-refractivity contribution in [2.45, 2.75) is 0 Å². The molecular weight excluding hydrogens is 187 g/mol. The number of benzene rings is 1. The minimum Gasteiger partial charge on any atom is -0.454 e. The molecule has 0 bridgehead atoms. The van der Waals surface area contributed by atoms with E-state index in [9.17, 15) is 4.79 Å². The van der Waals surface area contributed by atoms with Crippen molar-refractivity contribution in [2.24, 2.45) is 0 Å². The van der Waals surface area contributed by atoms with Gasteiger partial charge in [-0.05, 0) is 11.5 Å². The minimum atomic E-state index is -1.69. The highest BCUT2D eigenvalue weighted by molar-refractivity contribution is 6.60. The van der Waals surface area contributed by atoms with Gasteiger partial charge in [0.25, 0.3) is 0 Å². The lowest BCUT2D eigenvalue weighted by molar-refractivity contribution is 0.111. The van der Waals surface area contributed by atoms with Crippen LogP contribution in [0, 0.1) is 0 Å². The summed E-state index contributed by atoms with van der Waals surface area (Å²) < 4.78 is 10.1. The molecule has 14 heavy (non-hydrogen) atoms. The first-order chi connectivity index (χ1) is 6.74. The fourth-order valence-corrected chi connectivity index (χ4v) is 1.36. The summed E-state index contributed by atoms with van der Waals surface area (Å²) in [5.41, 5.74) is 0.235. The molecule has 2 N–H and O–H groups in total. The lowest BCUT2D eigenvalue weighted by Gasteiger charge is -2.05. The van der Waals surface area contributed by atoms with Gasteiger partial charge in [-0.1, -0.05) is 6.07 Å². The van der Waals surface area contributed by atoms with E-state index in [2.05, 4.69) is 0 Å². The van der Waals surface area contributed by atoms with E-state index < -0.39 is 7.12 Å². The number of hydrogen-bond donors (Lipinski definition) is 2. The van der Waals surface area contributed by atoms with Gasteiger partial charge in [0.2, 0.25) is 6.79 Å². The monoisotopic (exact) mass is 194 g/mol. The average molecular weight is 194 g/mol. The van der Waals surface area contributed by atoms with Crippen molar-refractivity contribution < 1.29 is 24.3 Å². The summed E-state index contributed by atoms with van der Waals surface area (Å²) in [6.07, 6.45) is 0.516. The number of rotatable bonds is 2. The van der Waals surface area contributed by atoms with Crippen molar-refractivity contribution >= 4 is 18.9 Å². The summed E-state index contributed by atoms with van der Waals surface area (Å²) in [7, 11) is -1.69. The van der Waals surface area contributed by atoms with E-state index in [0.29, 0.717) is 12.0 Å². The third kappa shape index (κ3) is 1.25. The summed E-state index contributed by atoms with van der Waals surface area (Å²) in [4.78, 5) is 10.7. The van der Waals surface area contributed by atoms with Crippen LogP contribution in [0.4, 0.5) is 0 Å². The molecule has 1 aliphatic heterocycles. The fourth-order valence-electron chi connectivity index (χ4n) is 1.36. The van der Waals surface area contributed by atoms with Gasteiger partial charge >= 0.3 is 7.12 Å². The Kier molecular flexibility index (Phi) is 2.15. The molecule has 1 aromatic carbocycles. The average Bonchev–Trinajstić information content (AvgIpc) is 2.63. The second-order valence-electron chi connectivity index (χ2n) is 2.79. The zero-order valence-corrected chi connectivity index (χ0v) is 7.14. The molecule has 1 aromatic rings. The Morgan fingerprint density at radius 1 is 1.36 bits per heavy atom. The highest BCUT2D eigenvalue weighted by Gasteiger charge is 2.25. The van der Waals surface area contributed by atoms with E-state index in [-0.39, 0.29) is 23.6 Å². The predicted molar refractivity (Wildman–Crippen MR) is 47.8 cm³/mol. The van der Waals surface area contributed by atoms with E-state index in [1.54, 1.807) is 0 Å². The molecule has 72 valence electrons. The molecule has 0 radical (unpaired) electrons. The topological polar surface area (TPSA) is 76.0 Å². The number of fused-ring (bicyclic) bond motifs is 1. The van der Waals surface area contributed by atoms with Crippen molar-refractivity contribution in [3.05, 3.63) is 17.7 Å². The van der Waals surface area contributed by atoms with Crippen LogP contribution in [0.15, 0.2) is 12.1 Å². The summed E-state index contributed by atoms with van der Waals surface area (Å²) in [5.74, 6) is 0.710. The normalized spacial score (nSPS) is 12.7. The molecule has 0 saturated carbocycles. The van der Waals surface area contributed by atoms with Crippen molar-refractivity contribution in [1.82, 2.24) is 0 Å². The van der Waals surface area contributed by atoms with Gasteiger partial charge in [0.1, 0.15) is 0 Å². The second-order valence-corrected chi connectivity index (χ2v) is 2.79. The molecule has 0 aliphatic carbocycles. The summed E-state index contributed by atoms with van der Waals surface area (Å²) >= 11 is 0. The van der Waals surface area contributed by atoms with Gasteiger partial charge in [0.05, 0.1) is 5.56 Å². The molecule has 0 aromatic heterocycles. The molecule has 0 saturated heterocycles. The SMILES string of the molecule is O=Cc1c(B(O)O)ccc2c1OCO2. The first kappa shape index (κ1) is 9.05. The fraction of sp³-hybridized carbons (Fsp3) is 0.125. The number of aldehydes is 1. The van der Waals surface area contributed by atoms with E-state index in [1.807, 2.05) is 0 Å². The van der Waals surface area contributed by atoms with Crippen LogP contribution in [-0.2, 0) is 0 Å². The second kappa shape index (κ2) is 3.32. The van der Waals surface area contributed by atoms with Gasteiger partial charge in [-0.25, -0.2) is 0 Å². The van der Waals surface area contributed by atoms with Gasteiger partial charge < -0.3 is 19.5 Å². The molecule has 1 aliphatic rings. The minimum absolute atomic E-state index is 0.0428. The Bertz CT molecular complexity index is 376. The summed E-state index contributed by atoms with van der Waals surface area (Å²) in [6.45, 7) is 0.0428. The molecule has 0 amide bonds. The first-order valence-corrected chi connectivity index (χ1v) is 3.98. The quantitative estimate of drug-likeness (QED) is 0.462. The molecule has 0 fully saturated rings.